The summed E-state index contributed by atoms with van der Waals surface area (Å²) in [5, 5.41) is 0. The molecule has 0 N–H and O–H groups in total. The number of hydrogen-bond acceptors (Lipinski definition) is 3. The quantitative estimate of drug-likeness (QED) is 0.554. The molecule has 0 saturated heterocycles. The minimum absolute atomic E-state index is 0.231. The lowest BCUT2D eigenvalue weighted by atomic mass is 10.3. The molecule has 0 aromatic carbocycles. The fourth-order valence-corrected chi connectivity index (χ4v) is 2.66. The van der Waals surface area contributed by atoms with Gasteiger partial charge in [-0.1, -0.05) is 19.9 Å². The molecule has 6 nitrogen and oxygen atoms in total. The molecule has 2 heterocycles. The van der Waals surface area contributed by atoms with Crippen LogP contribution in [0.15, 0.2) is 28.6 Å². The maximum atomic E-state index is 12.7. The molecule has 0 atom stereocenters. The van der Waals surface area contributed by atoms with E-state index in [0.717, 1.165) is 25.7 Å². The monoisotopic (exact) mass is 304 g/mol. The van der Waals surface area contributed by atoms with Crippen LogP contribution in [0.4, 0.5) is 0 Å². The third-order valence-electron chi connectivity index (χ3n) is 3.69. The lowest BCUT2D eigenvalue weighted by Crippen LogP contribution is -2.40. The van der Waals surface area contributed by atoms with Crippen molar-refractivity contribution in [1.29, 1.82) is 0 Å². The molecule has 120 valence electrons. The molecule has 0 saturated carbocycles. The van der Waals surface area contributed by atoms with Crippen LogP contribution in [0.2, 0.25) is 0 Å². The van der Waals surface area contributed by atoms with Crippen molar-refractivity contribution in [2.75, 3.05) is 0 Å². The van der Waals surface area contributed by atoms with Crippen LogP contribution in [-0.4, -0.2) is 18.7 Å². The second kappa shape index (κ2) is 7.24. The van der Waals surface area contributed by atoms with E-state index < -0.39 is 0 Å². The molecule has 2 aromatic rings. The van der Waals surface area contributed by atoms with Gasteiger partial charge in [-0.25, -0.2) is 9.78 Å². The second-order valence-electron chi connectivity index (χ2n) is 5.43. The molecule has 0 unspecified atom stereocenters. The highest BCUT2D eigenvalue weighted by Gasteiger charge is 2.16. The highest BCUT2D eigenvalue weighted by atomic mass is 16.2. The fourth-order valence-electron chi connectivity index (χ4n) is 2.66. The summed E-state index contributed by atoms with van der Waals surface area (Å²) in [6.07, 6.45) is 6.88. The van der Waals surface area contributed by atoms with E-state index in [1.807, 2.05) is 24.5 Å². The molecule has 0 spiro atoms. The Bertz CT molecular complexity index is 767. The fraction of sp³-hybridized carbons (Fsp3) is 0.562. The van der Waals surface area contributed by atoms with Gasteiger partial charge in [-0.15, -0.1) is 6.58 Å². The molecule has 22 heavy (non-hydrogen) atoms. The summed E-state index contributed by atoms with van der Waals surface area (Å²) in [5.74, 6) is 0. The predicted octanol–water partition coefficient (Wildman–Crippen LogP) is 2.15. The molecule has 0 aliphatic carbocycles. The molecule has 0 aliphatic heterocycles. The normalized spacial score (nSPS) is 11.2. The van der Waals surface area contributed by atoms with Gasteiger partial charge in [-0.2, -0.15) is 0 Å². The summed E-state index contributed by atoms with van der Waals surface area (Å²) >= 11 is 0. The zero-order valence-corrected chi connectivity index (χ0v) is 13.4. The Hall–Kier alpha value is -2.11. The first kappa shape index (κ1) is 16.3. The number of aryl methyl sites for hydroxylation is 2. The molecular formula is C16H24N4O2. The smallest absolute Gasteiger partial charge is 0.325 e. The zero-order valence-electron chi connectivity index (χ0n) is 13.4. The van der Waals surface area contributed by atoms with Crippen LogP contribution in [0.25, 0.3) is 11.2 Å². The lowest BCUT2D eigenvalue weighted by molar-refractivity contribution is 0.552. The number of rotatable bonds is 8. The van der Waals surface area contributed by atoms with Gasteiger partial charge in [0, 0.05) is 19.6 Å². The van der Waals surface area contributed by atoms with Crippen molar-refractivity contribution >= 4 is 11.2 Å². The van der Waals surface area contributed by atoms with Gasteiger partial charge in [0.1, 0.15) is 0 Å². The standard InChI is InChI=1S/C16H24N4O2/c1-4-7-8-11-18-12-17-14-13(18)15(21)20(10-6-3)16(22)19(14)9-5-2/h4,12H,1,5-11H2,2-3H3. The molecular weight excluding hydrogens is 280 g/mol. The second-order valence-corrected chi connectivity index (χ2v) is 5.43. The predicted molar refractivity (Wildman–Crippen MR) is 88.3 cm³/mol. The number of allylic oxidation sites excluding steroid dienone is 1. The highest BCUT2D eigenvalue weighted by molar-refractivity contribution is 5.70. The molecule has 2 aromatic heterocycles. The van der Waals surface area contributed by atoms with Crippen LogP contribution in [0.3, 0.4) is 0 Å². The van der Waals surface area contributed by atoms with Crippen molar-refractivity contribution in [3.05, 3.63) is 39.8 Å². The molecule has 0 fully saturated rings. The van der Waals surface area contributed by atoms with Gasteiger partial charge >= 0.3 is 5.69 Å². The Morgan fingerprint density at radius 1 is 1.14 bits per heavy atom. The van der Waals surface area contributed by atoms with Crippen molar-refractivity contribution in [3.8, 4) is 0 Å². The van der Waals surface area contributed by atoms with Gasteiger partial charge in [-0.3, -0.25) is 13.9 Å². The third kappa shape index (κ3) is 2.91. The van der Waals surface area contributed by atoms with Gasteiger partial charge in [0.25, 0.3) is 5.56 Å². The molecule has 0 bridgehead atoms. The van der Waals surface area contributed by atoms with E-state index in [9.17, 15) is 9.59 Å². The number of aromatic nitrogens is 4. The summed E-state index contributed by atoms with van der Waals surface area (Å²) < 4.78 is 4.82. The van der Waals surface area contributed by atoms with Gasteiger partial charge in [0.05, 0.1) is 6.33 Å². The highest BCUT2D eigenvalue weighted by Crippen LogP contribution is 2.09. The first-order chi connectivity index (χ1) is 10.7. The summed E-state index contributed by atoms with van der Waals surface area (Å²) in [6, 6.07) is 0. The lowest BCUT2D eigenvalue weighted by Gasteiger charge is -2.11. The number of imidazole rings is 1. The molecule has 0 amide bonds. The topological polar surface area (TPSA) is 61.8 Å². The Kier molecular flexibility index (Phi) is 5.35. The third-order valence-corrected chi connectivity index (χ3v) is 3.69. The SMILES string of the molecule is C=CCCCn1cnc2c1c(=O)n(CCC)c(=O)n2CCC. The molecule has 0 aliphatic rings. The number of nitrogens with zero attached hydrogens (tertiary/aromatic N) is 4. The zero-order chi connectivity index (χ0) is 16.1. The summed E-state index contributed by atoms with van der Waals surface area (Å²) in [6.45, 7) is 9.39. The Balaban J connectivity index is 2.65. The van der Waals surface area contributed by atoms with Gasteiger partial charge < -0.3 is 4.57 Å². The van der Waals surface area contributed by atoms with Crippen LogP contribution in [0, 0.1) is 0 Å². The van der Waals surface area contributed by atoms with Crippen LogP contribution >= 0.6 is 0 Å². The Morgan fingerprint density at radius 2 is 1.82 bits per heavy atom. The first-order valence-corrected chi connectivity index (χ1v) is 7.95. The van der Waals surface area contributed by atoms with Gasteiger partial charge in [-0.05, 0) is 25.7 Å². The van der Waals surface area contributed by atoms with Crippen molar-refractivity contribution in [3.63, 3.8) is 0 Å². The van der Waals surface area contributed by atoms with Crippen molar-refractivity contribution < 1.29 is 0 Å². The molecule has 2 rings (SSSR count). The van der Waals surface area contributed by atoms with Crippen LogP contribution in [-0.2, 0) is 19.6 Å². The first-order valence-electron chi connectivity index (χ1n) is 7.95. The number of unbranched alkanes of at least 4 members (excludes halogenated alkanes) is 1. The Labute approximate surface area is 129 Å². The van der Waals surface area contributed by atoms with Crippen LogP contribution in [0.1, 0.15) is 39.5 Å². The summed E-state index contributed by atoms with van der Waals surface area (Å²) in [7, 11) is 0. The van der Waals surface area contributed by atoms with Gasteiger partial charge in [0.15, 0.2) is 11.2 Å². The van der Waals surface area contributed by atoms with Crippen molar-refractivity contribution in [2.24, 2.45) is 0 Å². The van der Waals surface area contributed by atoms with E-state index in [1.54, 1.807) is 10.9 Å². The molecule has 6 heteroatoms. The average molecular weight is 304 g/mol. The van der Waals surface area contributed by atoms with E-state index in [4.69, 9.17) is 0 Å². The van der Waals surface area contributed by atoms with Gasteiger partial charge in [0.2, 0.25) is 0 Å². The average Bonchev–Trinajstić information content (AvgIpc) is 2.92. The minimum Gasteiger partial charge on any atom is -0.325 e. The largest absolute Gasteiger partial charge is 0.332 e. The van der Waals surface area contributed by atoms with E-state index in [0.29, 0.717) is 30.8 Å². The number of hydrogen-bond donors (Lipinski definition) is 0. The van der Waals surface area contributed by atoms with E-state index in [2.05, 4.69) is 11.6 Å². The summed E-state index contributed by atoms with van der Waals surface area (Å²) in [4.78, 5) is 29.5. The Morgan fingerprint density at radius 3 is 2.45 bits per heavy atom. The minimum atomic E-state index is -0.252. The number of fused-ring (bicyclic) bond motifs is 1. The van der Waals surface area contributed by atoms with Crippen molar-refractivity contribution in [2.45, 2.75) is 59.2 Å². The summed E-state index contributed by atoms with van der Waals surface area (Å²) in [5.41, 5.74) is 0.552. The maximum Gasteiger partial charge on any atom is 0.332 e. The van der Waals surface area contributed by atoms with E-state index in [1.165, 1.54) is 4.57 Å². The maximum absolute atomic E-state index is 12.7. The van der Waals surface area contributed by atoms with E-state index >= 15 is 0 Å². The molecule has 0 radical (unpaired) electrons. The van der Waals surface area contributed by atoms with Crippen molar-refractivity contribution in [1.82, 2.24) is 18.7 Å². The van der Waals surface area contributed by atoms with E-state index in [-0.39, 0.29) is 11.2 Å². The van der Waals surface area contributed by atoms with Crippen LogP contribution < -0.4 is 11.2 Å². The van der Waals surface area contributed by atoms with Crippen LogP contribution in [0.5, 0.6) is 0 Å².